The molecule has 4 nitrogen and oxygen atoms in total. The van der Waals surface area contributed by atoms with E-state index in [1.54, 1.807) is 30.4 Å². The normalized spacial score (nSPS) is 10.4. The summed E-state index contributed by atoms with van der Waals surface area (Å²) in [4.78, 5) is 13.1. The van der Waals surface area contributed by atoms with Crippen molar-refractivity contribution in [2.45, 2.75) is 13.5 Å². The van der Waals surface area contributed by atoms with E-state index in [2.05, 4.69) is 21.2 Å². The monoisotopic (exact) mass is 388 g/mol. The molecule has 1 heterocycles. The molecule has 7 heteroatoms. The Hall–Kier alpha value is -1.24. The van der Waals surface area contributed by atoms with Crippen molar-refractivity contribution in [3.63, 3.8) is 0 Å². The number of hydrogen-bond donors (Lipinski definition) is 2. The topological polar surface area (TPSA) is 64.3 Å². The number of esters is 1. The van der Waals surface area contributed by atoms with Crippen LogP contribution in [-0.4, -0.2) is 12.6 Å². The molecule has 0 aliphatic heterocycles. The van der Waals surface area contributed by atoms with Crippen LogP contribution in [0.1, 0.15) is 22.2 Å². The number of carbonyl (C=O) groups excluding carboxylic acids is 1. The number of thiophene rings is 1. The van der Waals surface area contributed by atoms with Gasteiger partial charge in [-0.3, -0.25) is 0 Å². The Kier molecular flexibility index (Phi) is 5.50. The molecular weight excluding hydrogens is 376 g/mol. The molecule has 112 valence electrons. The van der Waals surface area contributed by atoms with E-state index >= 15 is 0 Å². The Morgan fingerprint density at radius 3 is 2.90 bits per heavy atom. The van der Waals surface area contributed by atoms with Crippen LogP contribution in [0.5, 0.6) is 0 Å². The molecule has 0 spiro atoms. The van der Waals surface area contributed by atoms with Crippen molar-refractivity contribution in [1.29, 1.82) is 0 Å². The first kappa shape index (κ1) is 16.1. The number of hydrogen-bond acceptors (Lipinski definition) is 5. The number of ether oxygens (including phenoxy) is 1. The van der Waals surface area contributed by atoms with E-state index in [1.165, 1.54) is 0 Å². The zero-order valence-corrected chi connectivity index (χ0v) is 14.4. The Morgan fingerprint density at radius 1 is 1.52 bits per heavy atom. The van der Waals surface area contributed by atoms with Gasteiger partial charge in [0.2, 0.25) is 0 Å². The standard InChI is InChI=1S/C14H14BrClN2O2S/c1-2-20-14(19)9-5-8(17)6-11(16)13(9)18-7-12-10(15)3-4-21-12/h3-6,18H,2,7,17H2,1H3. The lowest BCUT2D eigenvalue weighted by Crippen LogP contribution is -2.11. The third kappa shape index (κ3) is 3.90. The highest BCUT2D eigenvalue weighted by atomic mass is 79.9. The minimum absolute atomic E-state index is 0.293. The molecule has 0 radical (unpaired) electrons. The van der Waals surface area contributed by atoms with Gasteiger partial charge >= 0.3 is 5.97 Å². The molecule has 0 amide bonds. The highest BCUT2D eigenvalue weighted by Crippen LogP contribution is 2.31. The minimum atomic E-state index is -0.445. The fourth-order valence-electron chi connectivity index (χ4n) is 1.80. The van der Waals surface area contributed by atoms with Gasteiger partial charge in [0.05, 0.1) is 29.4 Å². The first-order valence-electron chi connectivity index (χ1n) is 6.24. The SMILES string of the molecule is CCOC(=O)c1cc(N)cc(Cl)c1NCc1sccc1Br. The van der Waals surface area contributed by atoms with Gasteiger partial charge in [-0.15, -0.1) is 11.3 Å². The van der Waals surface area contributed by atoms with Crippen molar-refractivity contribution in [3.05, 3.63) is 43.5 Å². The van der Waals surface area contributed by atoms with Crippen molar-refractivity contribution in [1.82, 2.24) is 0 Å². The fourth-order valence-corrected chi connectivity index (χ4v) is 3.52. The molecule has 2 rings (SSSR count). The number of nitrogens with one attached hydrogen (secondary N) is 1. The number of carbonyl (C=O) groups is 1. The lowest BCUT2D eigenvalue weighted by molar-refractivity contribution is 0.0527. The van der Waals surface area contributed by atoms with Crippen LogP contribution in [-0.2, 0) is 11.3 Å². The van der Waals surface area contributed by atoms with Crippen molar-refractivity contribution in [2.24, 2.45) is 0 Å². The average molecular weight is 390 g/mol. The molecule has 3 N–H and O–H groups in total. The zero-order valence-electron chi connectivity index (χ0n) is 11.3. The molecule has 0 atom stereocenters. The second-order valence-electron chi connectivity index (χ2n) is 4.19. The van der Waals surface area contributed by atoms with Gasteiger partial charge in [-0.2, -0.15) is 0 Å². The Morgan fingerprint density at radius 2 is 2.29 bits per heavy atom. The van der Waals surface area contributed by atoms with Gasteiger partial charge in [-0.1, -0.05) is 11.6 Å². The zero-order chi connectivity index (χ0) is 15.4. The molecule has 0 bridgehead atoms. The summed E-state index contributed by atoms with van der Waals surface area (Å²) in [6.07, 6.45) is 0. The summed E-state index contributed by atoms with van der Waals surface area (Å²) in [5.41, 5.74) is 7.05. The molecule has 0 saturated heterocycles. The number of halogens is 2. The van der Waals surface area contributed by atoms with Crippen LogP contribution in [0.2, 0.25) is 5.02 Å². The smallest absolute Gasteiger partial charge is 0.340 e. The van der Waals surface area contributed by atoms with Gasteiger partial charge in [0.15, 0.2) is 0 Å². The number of nitrogen functional groups attached to an aromatic ring is 1. The number of anilines is 2. The lowest BCUT2D eigenvalue weighted by atomic mass is 10.1. The van der Waals surface area contributed by atoms with Crippen molar-refractivity contribution < 1.29 is 9.53 Å². The Balaban J connectivity index is 2.28. The largest absolute Gasteiger partial charge is 0.462 e. The highest BCUT2D eigenvalue weighted by Gasteiger charge is 2.17. The Bertz CT molecular complexity index is 660. The summed E-state index contributed by atoms with van der Waals surface area (Å²) >= 11 is 11.3. The first-order valence-corrected chi connectivity index (χ1v) is 8.29. The van der Waals surface area contributed by atoms with E-state index in [9.17, 15) is 4.79 Å². The summed E-state index contributed by atoms with van der Waals surface area (Å²) in [5.74, 6) is -0.445. The molecule has 1 aromatic heterocycles. The van der Waals surface area contributed by atoms with Crippen molar-refractivity contribution >= 4 is 56.2 Å². The van der Waals surface area contributed by atoms with Gasteiger partial charge in [-0.25, -0.2) is 4.79 Å². The van der Waals surface area contributed by atoms with Crippen LogP contribution in [0.25, 0.3) is 0 Å². The maximum Gasteiger partial charge on any atom is 0.340 e. The lowest BCUT2D eigenvalue weighted by Gasteiger charge is -2.14. The van der Waals surface area contributed by atoms with E-state index in [4.69, 9.17) is 22.1 Å². The predicted molar refractivity (Wildman–Crippen MR) is 91.2 cm³/mol. The summed E-state index contributed by atoms with van der Waals surface area (Å²) in [6.45, 7) is 2.59. The number of benzene rings is 1. The quantitative estimate of drug-likeness (QED) is 0.582. The van der Waals surface area contributed by atoms with E-state index < -0.39 is 5.97 Å². The molecule has 2 aromatic rings. The van der Waals surface area contributed by atoms with Gasteiger partial charge in [0.25, 0.3) is 0 Å². The number of nitrogens with two attached hydrogens (primary N) is 1. The van der Waals surface area contributed by atoms with Crippen LogP contribution >= 0.6 is 38.9 Å². The van der Waals surface area contributed by atoms with E-state index in [0.29, 0.717) is 35.1 Å². The second-order valence-corrected chi connectivity index (χ2v) is 6.45. The third-order valence-electron chi connectivity index (χ3n) is 2.72. The molecule has 0 aliphatic carbocycles. The number of rotatable bonds is 5. The van der Waals surface area contributed by atoms with Crippen LogP contribution in [0, 0.1) is 0 Å². The van der Waals surface area contributed by atoms with Gasteiger partial charge in [0, 0.05) is 15.0 Å². The second kappa shape index (κ2) is 7.15. The third-order valence-corrected chi connectivity index (χ3v) is 4.95. The van der Waals surface area contributed by atoms with Gasteiger partial charge in [-0.05, 0) is 46.4 Å². The average Bonchev–Trinajstić information content (AvgIpc) is 2.83. The van der Waals surface area contributed by atoms with Crippen LogP contribution < -0.4 is 11.1 Å². The fraction of sp³-hybridized carbons (Fsp3) is 0.214. The maximum atomic E-state index is 12.0. The van der Waals surface area contributed by atoms with Crippen LogP contribution in [0.15, 0.2) is 28.1 Å². The maximum absolute atomic E-state index is 12.0. The summed E-state index contributed by atoms with van der Waals surface area (Å²) in [5, 5.41) is 5.56. The molecule has 1 aromatic carbocycles. The molecule has 0 unspecified atom stereocenters. The predicted octanol–water partition coefficient (Wildman–Crippen LogP) is 4.54. The van der Waals surface area contributed by atoms with Crippen LogP contribution in [0.4, 0.5) is 11.4 Å². The molecule has 0 fully saturated rings. The Labute approximate surface area is 140 Å². The first-order chi connectivity index (χ1) is 10.0. The van der Waals surface area contributed by atoms with Crippen molar-refractivity contribution in [2.75, 3.05) is 17.7 Å². The summed E-state index contributed by atoms with van der Waals surface area (Å²) < 4.78 is 6.06. The van der Waals surface area contributed by atoms with E-state index in [-0.39, 0.29) is 0 Å². The molecular formula is C14H14BrClN2O2S. The summed E-state index contributed by atoms with van der Waals surface area (Å²) in [6, 6.07) is 5.14. The van der Waals surface area contributed by atoms with E-state index in [0.717, 1.165) is 9.35 Å². The van der Waals surface area contributed by atoms with Crippen LogP contribution in [0.3, 0.4) is 0 Å². The van der Waals surface area contributed by atoms with Crippen molar-refractivity contribution in [3.8, 4) is 0 Å². The van der Waals surface area contributed by atoms with Gasteiger partial charge in [0.1, 0.15) is 0 Å². The highest BCUT2D eigenvalue weighted by molar-refractivity contribution is 9.10. The van der Waals surface area contributed by atoms with E-state index in [1.807, 2.05) is 11.4 Å². The molecule has 21 heavy (non-hydrogen) atoms. The molecule has 0 aliphatic rings. The minimum Gasteiger partial charge on any atom is -0.462 e. The molecule has 0 saturated carbocycles. The van der Waals surface area contributed by atoms with Gasteiger partial charge < -0.3 is 15.8 Å². The summed E-state index contributed by atoms with van der Waals surface area (Å²) in [7, 11) is 0.